The molecule has 4 nitrogen and oxygen atoms in total. The van der Waals surface area contributed by atoms with Gasteiger partial charge in [-0.05, 0) is 37.3 Å². The Morgan fingerprint density at radius 1 is 1.16 bits per heavy atom. The van der Waals surface area contributed by atoms with E-state index < -0.39 is 0 Å². The topological polar surface area (TPSA) is 60.8 Å². The van der Waals surface area contributed by atoms with Gasteiger partial charge in [0.15, 0.2) is 0 Å². The number of aromatic hydroxyl groups is 2. The van der Waals surface area contributed by atoms with E-state index in [-0.39, 0.29) is 17.4 Å². The molecule has 0 spiro atoms. The van der Waals surface area contributed by atoms with E-state index in [1.165, 1.54) is 37.5 Å². The number of nitrogens with zero attached hydrogens (tertiary/aromatic N) is 1. The Kier molecular flexibility index (Phi) is 3.09. The summed E-state index contributed by atoms with van der Waals surface area (Å²) in [4.78, 5) is 14.4. The van der Waals surface area contributed by atoms with Crippen LogP contribution in [0.3, 0.4) is 0 Å². The molecule has 1 amide bonds. The average Bonchev–Trinajstić information content (AvgIpc) is 2.82. The molecule has 2 fully saturated rings. The maximum absolute atomic E-state index is 12.5. The first-order valence-electron chi connectivity index (χ1n) is 7.00. The molecule has 102 valence electrons. The van der Waals surface area contributed by atoms with Gasteiger partial charge in [0, 0.05) is 18.7 Å². The van der Waals surface area contributed by atoms with Gasteiger partial charge in [-0.25, -0.2) is 0 Å². The zero-order valence-electron chi connectivity index (χ0n) is 10.9. The quantitative estimate of drug-likeness (QED) is 0.816. The number of carbonyl (C=O) groups excluding carboxylic acids is 1. The normalized spacial score (nSPS) is 26.2. The molecule has 0 aromatic heterocycles. The van der Waals surface area contributed by atoms with Crippen molar-refractivity contribution >= 4 is 5.91 Å². The molecule has 3 rings (SSSR count). The van der Waals surface area contributed by atoms with Gasteiger partial charge in [-0.15, -0.1) is 0 Å². The zero-order chi connectivity index (χ0) is 13.4. The summed E-state index contributed by atoms with van der Waals surface area (Å²) in [5.41, 5.74) is 0.295. The number of carbonyl (C=O) groups is 1. The number of amides is 1. The van der Waals surface area contributed by atoms with Gasteiger partial charge in [0.25, 0.3) is 5.91 Å². The molecule has 1 saturated carbocycles. The lowest BCUT2D eigenvalue weighted by molar-refractivity contribution is 0.0687. The molecule has 1 aliphatic carbocycles. The summed E-state index contributed by atoms with van der Waals surface area (Å²) in [6, 6.07) is 4.51. The van der Waals surface area contributed by atoms with Crippen LogP contribution in [-0.4, -0.2) is 33.6 Å². The fraction of sp³-hybridized carbons (Fsp3) is 0.533. The van der Waals surface area contributed by atoms with Crippen LogP contribution in [0.25, 0.3) is 0 Å². The third-order valence-electron chi connectivity index (χ3n) is 4.48. The van der Waals surface area contributed by atoms with Crippen LogP contribution in [0.15, 0.2) is 18.2 Å². The average molecular weight is 261 g/mol. The minimum absolute atomic E-state index is 0.0222. The van der Waals surface area contributed by atoms with E-state index >= 15 is 0 Å². The second-order valence-electron chi connectivity index (χ2n) is 5.60. The van der Waals surface area contributed by atoms with Gasteiger partial charge in [0.2, 0.25) is 0 Å². The van der Waals surface area contributed by atoms with Crippen LogP contribution in [-0.2, 0) is 0 Å². The van der Waals surface area contributed by atoms with Crippen LogP contribution in [0.2, 0.25) is 0 Å². The van der Waals surface area contributed by atoms with Gasteiger partial charge >= 0.3 is 0 Å². The Labute approximate surface area is 112 Å². The molecule has 2 atom stereocenters. The van der Waals surface area contributed by atoms with E-state index in [4.69, 9.17) is 0 Å². The molecule has 1 saturated heterocycles. The van der Waals surface area contributed by atoms with Crippen molar-refractivity contribution in [3.63, 3.8) is 0 Å². The van der Waals surface area contributed by atoms with Crippen molar-refractivity contribution in [2.75, 3.05) is 6.54 Å². The molecule has 1 heterocycles. The van der Waals surface area contributed by atoms with Crippen molar-refractivity contribution < 1.29 is 15.0 Å². The number of hydrogen-bond donors (Lipinski definition) is 2. The molecule has 2 aliphatic rings. The predicted molar refractivity (Wildman–Crippen MR) is 71.2 cm³/mol. The standard InChI is InChI=1S/C15H19NO3/c17-11-5-6-12(14(18)9-11)15(19)16-8-7-10-3-1-2-4-13(10)16/h5-6,9-10,13,17-18H,1-4,7-8H2. The van der Waals surface area contributed by atoms with Crippen LogP contribution < -0.4 is 0 Å². The van der Waals surface area contributed by atoms with Gasteiger partial charge in [-0.3, -0.25) is 4.79 Å². The van der Waals surface area contributed by atoms with E-state index in [0.717, 1.165) is 19.4 Å². The van der Waals surface area contributed by atoms with Crippen LogP contribution >= 0.6 is 0 Å². The van der Waals surface area contributed by atoms with Gasteiger partial charge in [0.1, 0.15) is 11.5 Å². The molecule has 4 heteroatoms. The maximum atomic E-state index is 12.5. The zero-order valence-corrected chi connectivity index (χ0v) is 10.9. The minimum atomic E-state index is -0.135. The number of fused-ring (bicyclic) bond motifs is 1. The van der Waals surface area contributed by atoms with Crippen molar-refractivity contribution in [2.45, 2.75) is 38.1 Å². The SMILES string of the molecule is O=C(c1ccc(O)cc1O)N1CCC2CCCCC21. The van der Waals surface area contributed by atoms with Crippen LogP contribution in [0.1, 0.15) is 42.5 Å². The van der Waals surface area contributed by atoms with Gasteiger partial charge in [-0.2, -0.15) is 0 Å². The third kappa shape index (κ3) is 2.15. The summed E-state index contributed by atoms with van der Waals surface area (Å²) >= 11 is 0. The van der Waals surface area contributed by atoms with Crippen LogP contribution in [0.5, 0.6) is 11.5 Å². The van der Waals surface area contributed by atoms with Gasteiger partial charge in [0.05, 0.1) is 5.56 Å². The van der Waals surface area contributed by atoms with E-state index in [1.807, 2.05) is 4.90 Å². The van der Waals surface area contributed by atoms with Gasteiger partial charge < -0.3 is 15.1 Å². The predicted octanol–water partition coefficient (Wildman–Crippen LogP) is 2.50. The highest BCUT2D eigenvalue weighted by molar-refractivity contribution is 5.97. The molecule has 19 heavy (non-hydrogen) atoms. The fourth-order valence-corrected chi connectivity index (χ4v) is 3.51. The molecule has 0 radical (unpaired) electrons. The summed E-state index contributed by atoms with van der Waals surface area (Å²) in [7, 11) is 0. The van der Waals surface area contributed by atoms with Crippen molar-refractivity contribution in [1.29, 1.82) is 0 Å². The highest BCUT2D eigenvalue weighted by Crippen LogP contribution is 2.37. The first kappa shape index (κ1) is 12.3. The number of rotatable bonds is 1. The lowest BCUT2D eigenvalue weighted by Gasteiger charge is -2.31. The first-order chi connectivity index (χ1) is 9.16. The Bertz CT molecular complexity index is 500. The van der Waals surface area contributed by atoms with E-state index in [2.05, 4.69) is 0 Å². The fourth-order valence-electron chi connectivity index (χ4n) is 3.51. The molecule has 1 aromatic rings. The number of phenols is 2. The summed E-state index contributed by atoms with van der Waals surface area (Å²) in [6.45, 7) is 0.786. The maximum Gasteiger partial charge on any atom is 0.257 e. The van der Waals surface area contributed by atoms with Crippen molar-refractivity contribution in [2.24, 2.45) is 5.92 Å². The second kappa shape index (κ2) is 4.76. The Hall–Kier alpha value is -1.71. The first-order valence-corrected chi connectivity index (χ1v) is 7.00. The molecule has 1 aromatic carbocycles. The lowest BCUT2D eigenvalue weighted by Crippen LogP contribution is -2.39. The number of benzene rings is 1. The van der Waals surface area contributed by atoms with Gasteiger partial charge in [-0.1, -0.05) is 12.8 Å². The molecular weight excluding hydrogens is 242 g/mol. The summed E-state index contributed by atoms with van der Waals surface area (Å²) in [5, 5.41) is 19.1. The Balaban J connectivity index is 1.83. The van der Waals surface area contributed by atoms with Crippen molar-refractivity contribution in [3.8, 4) is 11.5 Å². The largest absolute Gasteiger partial charge is 0.508 e. The molecule has 1 aliphatic heterocycles. The summed E-state index contributed by atoms with van der Waals surface area (Å²) in [5.74, 6) is 0.374. The Morgan fingerprint density at radius 2 is 1.95 bits per heavy atom. The Morgan fingerprint density at radius 3 is 2.74 bits per heavy atom. The van der Waals surface area contributed by atoms with Crippen LogP contribution in [0.4, 0.5) is 0 Å². The van der Waals surface area contributed by atoms with E-state index in [1.54, 1.807) is 0 Å². The minimum Gasteiger partial charge on any atom is -0.508 e. The summed E-state index contributed by atoms with van der Waals surface area (Å²) in [6.07, 6.45) is 5.83. The third-order valence-corrected chi connectivity index (χ3v) is 4.48. The van der Waals surface area contributed by atoms with Crippen LogP contribution in [0, 0.1) is 5.92 Å². The number of hydrogen-bond acceptors (Lipinski definition) is 3. The highest BCUT2D eigenvalue weighted by atomic mass is 16.3. The van der Waals surface area contributed by atoms with E-state index in [0.29, 0.717) is 17.5 Å². The number of likely N-dealkylation sites (tertiary alicyclic amines) is 1. The highest BCUT2D eigenvalue weighted by Gasteiger charge is 2.38. The number of phenolic OH excluding ortho intramolecular Hbond substituents is 2. The second-order valence-corrected chi connectivity index (χ2v) is 5.60. The molecule has 2 N–H and O–H groups in total. The van der Waals surface area contributed by atoms with Crippen molar-refractivity contribution in [1.82, 2.24) is 4.90 Å². The van der Waals surface area contributed by atoms with Crippen molar-refractivity contribution in [3.05, 3.63) is 23.8 Å². The van der Waals surface area contributed by atoms with E-state index in [9.17, 15) is 15.0 Å². The molecular formula is C15H19NO3. The summed E-state index contributed by atoms with van der Waals surface area (Å²) < 4.78 is 0. The monoisotopic (exact) mass is 261 g/mol. The smallest absolute Gasteiger partial charge is 0.257 e. The molecule has 2 unspecified atom stereocenters. The molecule has 0 bridgehead atoms. The lowest BCUT2D eigenvalue weighted by atomic mass is 9.85.